The van der Waals surface area contributed by atoms with Crippen molar-refractivity contribution in [2.24, 2.45) is 0 Å². The fourth-order valence-corrected chi connectivity index (χ4v) is 3.03. The molecule has 118 valence electrons. The highest BCUT2D eigenvalue weighted by atomic mass is 16.5. The smallest absolute Gasteiger partial charge is 0.328 e. The van der Waals surface area contributed by atoms with Crippen molar-refractivity contribution in [3.05, 3.63) is 50.1 Å². The summed E-state index contributed by atoms with van der Waals surface area (Å²) in [6.07, 6.45) is 2.08. The summed E-state index contributed by atoms with van der Waals surface area (Å²) >= 11 is 0. The van der Waals surface area contributed by atoms with E-state index in [1.54, 1.807) is 6.92 Å². The van der Waals surface area contributed by atoms with Crippen LogP contribution in [0.1, 0.15) is 36.0 Å². The van der Waals surface area contributed by atoms with E-state index in [-0.39, 0.29) is 17.3 Å². The Hall–Kier alpha value is -2.15. The minimum absolute atomic E-state index is 0.182. The van der Waals surface area contributed by atoms with Gasteiger partial charge in [-0.15, -0.1) is 0 Å². The van der Waals surface area contributed by atoms with E-state index >= 15 is 0 Å². The highest BCUT2D eigenvalue weighted by Gasteiger charge is 2.28. The SMILES string of the molecule is Cc1cc([C@H]2CCCN2CCn2c(=O)cc(C)[nH]c2=O)on1. The number of rotatable bonds is 4. The third-order valence-electron chi connectivity index (χ3n) is 4.10. The van der Waals surface area contributed by atoms with E-state index in [0.29, 0.717) is 18.8 Å². The first-order chi connectivity index (χ1) is 10.5. The Morgan fingerprint density at radius 2 is 2.14 bits per heavy atom. The normalized spacial score (nSPS) is 18.9. The Morgan fingerprint density at radius 3 is 2.82 bits per heavy atom. The van der Waals surface area contributed by atoms with Crippen molar-refractivity contribution >= 4 is 0 Å². The van der Waals surface area contributed by atoms with Gasteiger partial charge in [0, 0.05) is 30.9 Å². The quantitative estimate of drug-likeness (QED) is 0.910. The van der Waals surface area contributed by atoms with Crippen molar-refractivity contribution in [1.29, 1.82) is 0 Å². The lowest BCUT2D eigenvalue weighted by atomic mass is 10.1. The van der Waals surface area contributed by atoms with E-state index in [9.17, 15) is 9.59 Å². The van der Waals surface area contributed by atoms with Crippen LogP contribution in [0, 0.1) is 13.8 Å². The van der Waals surface area contributed by atoms with Crippen LogP contribution in [-0.2, 0) is 6.54 Å². The molecule has 3 heterocycles. The molecule has 1 fully saturated rings. The van der Waals surface area contributed by atoms with Gasteiger partial charge in [0.15, 0.2) is 5.76 Å². The molecule has 1 saturated heterocycles. The van der Waals surface area contributed by atoms with E-state index in [1.807, 2.05) is 13.0 Å². The Morgan fingerprint density at radius 1 is 1.32 bits per heavy atom. The number of aromatic amines is 1. The summed E-state index contributed by atoms with van der Waals surface area (Å²) in [4.78, 5) is 28.7. The maximum atomic E-state index is 11.9. The second-order valence-electron chi connectivity index (χ2n) is 5.81. The summed E-state index contributed by atoms with van der Waals surface area (Å²) < 4.78 is 6.61. The lowest BCUT2D eigenvalue weighted by Gasteiger charge is -2.22. The van der Waals surface area contributed by atoms with Gasteiger partial charge in [-0.1, -0.05) is 5.16 Å². The standard InChI is InChI=1S/C15H20N4O3/c1-10-9-14(20)19(15(21)16-10)7-6-18-5-3-4-12(18)13-8-11(2)17-22-13/h8-9,12H,3-7H2,1-2H3,(H,16,21)/t12-/m1/s1. The largest absolute Gasteiger partial charge is 0.359 e. The Balaban J connectivity index is 1.74. The fraction of sp³-hybridized carbons (Fsp3) is 0.533. The average Bonchev–Trinajstić information content (AvgIpc) is 3.06. The summed E-state index contributed by atoms with van der Waals surface area (Å²) in [6.45, 7) is 5.55. The molecule has 3 rings (SSSR count). The molecule has 1 N–H and O–H groups in total. The number of hydrogen-bond donors (Lipinski definition) is 1. The van der Waals surface area contributed by atoms with Crippen LogP contribution in [0.5, 0.6) is 0 Å². The van der Waals surface area contributed by atoms with Crippen molar-refractivity contribution in [2.75, 3.05) is 13.1 Å². The van der Waals surface area contributed by atoms with Crippen LogP contribution in [0.4, 0.5) is 0 Å². The first-order valence-corrected chi connectivity index (χ1v) is 7.52. The molecular formula is C15H20N4O3. The third kappa shape index (κ3) is 2.89. The van der Waals surface area contributed by atoms with Crippen LogP contribution in [0.2, 0.25) is 0 Å². The van der Waals surface area contributed by atoms with Gasteiger partial charge in [-0.2, -0.15) is 0 Å². The predicted molar refractivity (Wildman–Crippen MR) is 80.8 cm³/mol. The summed E-state index contributed by atoms with van der Waals surface area (Å²) in [6, 6.07) is 3.58. The maximum absolute atomic E-state index is 11.9. The number of aryl methyl sites for hydroxylation is 2. The van der Waals surface area contributed by atoms with E-state index in [4.69, 9.17) is 4.52 Å². The first kappa shape index (κ1) is 14.8. The van der Waals surface area contributed by atoms with E-state index in [0.717, 1.165) is 30.8 Å². The number of hydrogen-bond acceptors (Lipinski definition) is 5. The number of nitrogens with zero attached hydrogens (tertiary/aromatic N) is 3. The van der Waals surface area contributed by atoms with Crippen LogP contribution in [0.15, 0.2) is 26.2 Å². The highest BCUT2D eigenvalue weighted by molar-refractivity contribution is 5.09. The number of aromatic nitrogens is 3. The number of H-pyrrole nitrogens is 1. The van der Waals surface area contributed by atoms with E-state index in [2.05, 4.69) is 15.0 Å². The van der Waals surface area contributed by atoms with Crippen LogP contribution < -0.4 is 11.2 Å². The van der Waals surface area contributed by atoms with Crippen LogP contribution >= 0.6 is 0 Å². The second kappa shape index (κ2) is 5.92. The molecule has 0 spiro atoms. The zero-order valence-corrected chi connectivity index (χ0v) is 12.8. The third-order valence-corrected chi connectivity index (χ3v) is 4.10. The van der Waals surface area contributed by atoms with Crippen LogP contribution in [0.3, 0.4) is 0 Å². The predicted octanol–water partition coefficient (Wildman–Crippen LogP) is 0.979. The zero-order valence-electron chi connectivity index (χ0n) is 12.8. The van der Waals surface area contributed by atoms with Crippen LogP contribution in [-0.4, -0.2) is 32.7 Å². The van der Waals surface area contributed by atoms with Crippen molar-refractivity contribution in [3.63, 3.8) is 0 Å². The van der Waals surface area contributed by atoms with Gasteiger partial charge in [-0.3, -0.25) is 14.3 Å². The minimum atomic E-state index is -0.351. The Labute approximate surface area is 127 Å². The number of likely N-dealkylation sites (tertiary alicyclic amines) is 1. The van der Waals surface area contributed by atoms with Crippen molar-refractivity contribution in [2.45, 2.75) is 39.3 Å². The van der Waals surface area contributed by atoms with Gasteiger partial charge >= 0.3 is 5.69 Å². The molecule has 0 amide bonds. The summed E-state index contributed by atoms with van der Waals surface area (Å²) in [5.74, 6) is 0.861. The molecule has 0 bridgehead atoms. The Kier molecular flexibility index (Phi) is 3.98. The molecular weight excluding hydrogens is 284 g/mol. The second-order valence-corrected chi connectivity index (χ2v) is 5.81. The van der Waals surface area contributed by atoms with Gasteiger partial charge in [0.1, 0.15) is 0 Å². The van der Waals surface area contributed by atoms with Gasteiger partial charge in [-0.05, 0) is 33.2 Å². The molecule has 0 aliphatic carbocycles. The van der Waals surface area contributed by atoms with Gasteiger partial charge in [0.25, 0.3) is 5.56 Å². The van der Waals surface area contributed by atoms with E-state index < -0.39 is 0 Å². The van der Waals surface area contributed by atoms with Gasteiger partial charge in [0.05, 0.1) is 11.7 Å². The molecule has 2 aromatic rings. The van der Waals surface area contributed by atoms with Gasteiger partial charge < -0.3 is 9.51 Å². The average molecular weight is 304 g/mol. The molecule has 2 aromatic heterocycles. The van der Waals surface area contributed by atoms with Crippen molar-refractivity contribution in [1.82, 2.24) is 19.6 Å². The monoisotopic (exact) mass is 304 g/mol. The maximum Gasteiger partial charge on any atom is 0.328 e. The lowest BCUT2D eigenvalue weighted by Crippen LogP contribution is -2.39. The van der Waals surface area contributed by atoms with Crippen LogP contribution in [0.25, 0.3) is 0 Å². The molecule has 7 heteroatoms. The van der Waals surface area contributed by atoms with Gasteiger partial charge in [-0.25, -0.2) is 4.79 Å². The molecule has 0 saturated carbocycles. The topological polar surface area (TPSA) is 84.1 Å². The first-order valence-electron chi connectivity index (χ1n) is 7.52. The van der Waals surface area contributed by atoms with Gasteiger partial charge in [0.2, 0.25) is 0 Å². The molecule has 1 aliphatic heterocycles. The highest BCUT2D eigenvalue weighted by Crippen LogP contribution is 2.31. The minimum Gasteiger partial charge on any atom is -0.359 e. The molecule has 0 unspecified atom stereocenters. The summed E-state index contributed by atoms with van der Waals surface area (Å²) in [5.41, 5.74) is 0.847. The fourth-order valence-electron chi connectivity index (χ4n) is 3.03. The molecule has 7 nitrogen and oxygen atoms in total. The Bertz CT molecular complexity index is 742. The summed E-state index contributed by atoms with van der Waals surface area (Å²) in [7, 11) is 0. The number of nitrogens with one attached hydrogen (secondary N) is 1. The van der Waals surface area contributed by atoms with Crippen molar-refractivity contribution < 1.29 is 4.52 Å². The summed E-state index contributed by atoms with van der Waals surface area (Å²) in [5, 5.41) is 3.94. The van der Waals surface area contributed by atoms with Crippen molar-refractivity contribution in [3.8, 4) is 0 Å². The molecule has 0 radical (unpaired) electrons. The lowest BCUT2D eigenvalue weighted by molar-refractivity contribution is 0.205. The zero-order chi connectivity index (χ0) is 15.7. The van der Waals surface area contributed by atoms with E-state index in [1.165, 1.54) is 10.6 Å². The molecule has 1 aliphatic rings. The molecule has 1 atom stereocenters. The molecule has 22 heavy (non-hydrogen) atoms. The molecule has 0 aromatic carbocycles.